The molecule has 20 heavy (non-hydrogen) atoms. The van der Waals surface area contributed by atoms with E-state index >= 15 is 0 Å². The Kier molecular flexibility index (Phi) is 4.07. The molecular formula is C17H23N3. The van der Waals surface area contributed by atoms with Gasteiger partial charge >= 0.3 is 0 Å². The van der Waals surface area contributed by atoms with E-state index in [4.69, 9.17) is 10.7 Å². The van der Waals surface area contributed by atoms with Crippen LogP contribution in [0.15, 0.2) is 12.1 Å². The highest BCUT2D eigenvalue weighted by molar-refractivity contribution is 5.73. The number of nitrogens with two attached hydrogens (primary N) is 1. The van der Waals surface area contributed by atoms with Gasteiger partial charge in [-0.05, 0) is 45.2 Å². The maximum Gasteiger partial charge on any atom is 0.131 e. The van der Waals surface area contributed by atoms with Crippen LogP contribution in [0.4, 0.5) is 5.82 Å². The van der Waals surface area contributed by atoms with Gasteiger partial charge in [0.2, 0.25) is 0 Å². The third-order valence-electron chi connectivity index (χ3n) is 3.62. The Balaban J connectivity index is 2.69. The van der Waals surface area contributed by atoms with Crippen LogP contribution in [0, 0.1) is 27.7 Å². The molecule has 106 valence electrons. The second-order valence-electron chi connectivity index (χ2n) is 5.52. The largest absolute Gasteiger partial charge is 0.383 e. The lowest BCUT2D eigenvalue weighted by Gasteiger charge is -2.15. The fourth-order valence-electron chi connectivity index (χ4n) is 2.71. The summed E-state index contributed by atoms with van der Waals surface area (Å²) < 4.78 is 0. The van der Waals surface area contributed by atoms with E-state index in [0.717, 1.165) is 29.9 Å². The summed E-state index contributed by atoms with van der Waals surface area (Å²) in [5, 5.41) is 0. The lowest BCUT2D eigenvalue weighted by Crippen LogP contribution is -2.06. The van der Waals surface area contributed by atoms with Gasteiger partial charge in [-0.3, -0.25) is 0 Å². The SMILES string of the molecule is CCCc1nc(N)c(C)c(-c2c(C)cc(C)cc2C)n1. The molecule has 1 aromatic carbocycles. The van der Waals surface area contributed by atoms with Crippen LogP contribution in [0.3, 0.4) is 0 Å². The third kappa shape index (κ3) is 2.67. The van der Waals surface area contributed by atoms with Gasteiger partial charge in [0.15, 0.2) is 0 Å². The number of hydrogen-bond acceptors (Lipinski definition) is 3. The molecule has 0 radical (unpaired) electrons. The quantitative estimate of drug-likeness (QED) is 0.919. The van der Waals surface area contributed by atoms with Crippen LogP contribution in [0.2, 0.25) is 0 Å². The van der Waals surface area contributed by atoms with E-state index in [-0.39, 0.29) is 0 Å². The molecule has 3 heteroatoms. The fourth-order valence-corrected chi connectivity index (χ4v) is 2.71. The summed E-state index contributed by atoms with van der Waals surface area (Å²) in [7, 11) is 0. The minimum absolute atomic E-state index is 0.595. The summed E-state index contributed by atoms with van der Waals surface area (Å²) in [6.07, 6.45) is 1.88. The topological polar surface area (TPSA) is 51.8 Å². The van der Waals surface area contributed by atoms with E-state index in [2.05, 4.69) is 44.8 Å². The van der Waals surface area contributed by atoms with Crippen molar-refractivity contribution in [2.45, 2.75) is 47.5 Å². The summed E-state index contributed by atoms with van der Waals surface area (Å²) in [6, 6.07) is 4.39. The van der Waals surface area contributed by atoms with Gasteiger partial charge in [0.25, 0.3) is 0 Å². The van der Waals surface area contributed by atoms with Crippen molar-refractivity contribution in [3.8, 4) is 11.3 Å². The van der Waals surface area contributed by atoms with Gasteiger partial charge in [0.05, 0.1) is 5.69 Å². The van der Waals surface area contributed by atoms with Crippen molar-refractivity contribution in [1.82, 2.24) is 9.97 Å². The summed E-state index contributed by atoms with van der Waals surface area (Å²) >= 11 is 0. The fraction of sp³-hybridized carbons (Fsp3) is 0.412. The van der Waals surface area contributed by atoms with Gasteiger partial charge in [0, 0.05) is 17.5 Å². The highest BCUT2D eigenvalue weighted by atomic mass is 15.0. The van der Waals surface area contributed by atoms with E-state index in [1.807, 2.05) is 6.92 Å². The molecule has 0 unspecified atom stereocenters. The molecule has 2 rings (SSSR count). The molecule has 0 amide bonds. The van der Waals surface area contributed by atoms with Gasteiger partial charge in [-0.1, -0.05) is 24.6 Å². The monoisotopic (exact) mass is 269 g/mol. The van der Waals surface area contributed by atoms with E-state index in [1.54, 1.807) is 0 Å². The molecule has 0 aliphatic carbocycles. The molecule has 0 saturated carbocycles. The lowest BCUT2D eigenvalue weighted by atomic mass is 9.95. The Morgan fingerprint density at radius 1 is 1.00 bits per heavy atom. The van der Waals surface area contributed by atoms with Crippen molar-refractivity contribution in [1.29, 1.82) is 0 Å². The second kappa shape index (κ2) is 5.61. The van der Waals surface area contributed by atoms with Crippen molar-refractivity contribution in [2.24, 2.45) is 0 Å². The Hall–Kier alpha value is -1.90. The van der Waals surface area contributed by atoms with Gasteiger partial charge in [-0.2, -0.15) is 0 Å². The average molecular weight is 269 g/mol. The van der Waals surface area contributed by atoms with Gasteiger partial charge < -0.3 is 5.73 Å². The minimum atomic E-state index is 0.595. The molecule has 0 atom stereocenters. The Morgan fingerprint density at radius 3 is 2.15 bits per heavy atom. The van der Waals surface area contributed by atoms with Crippen molar-refractivity contribution in [2.75, 3.05) is 5.73 Å². The molecule has 3 nitrogen and oxygen atoms in total. The number of hydrogen-bond donors (Lipinski definition) is 1. The number of nitrogen functional groups attached to an aromatic ring is 1. The predicted octanol–water partition coefficient (Wildman–Crippen LogP) is 3.91. The summed E-state index contributed by atoms with van der Waals surface area (Å²) in [5.74, 6) is 1.43. The zero-order valence-corrected chi connectivity index (χ0v) is 13.0. The highest BCUT2D eigenvalue weighted by Crippen LogP contribution is 2.31. The average Bonchev–Trinajstić information content (AvgIpc) is 2.34. The molecule has 2 aromatic rings. The summed E-state index contributed by atoms with van der Waals surface area (Å²) in [5.41, 5.74) is 13.0. The van der Waals surface area contributed by atoms with Gasteiger partial charge in [-0.25, -0.2) is 9.97 Å². The van der Waals surface area contributed by atoms with Crippen LogP contribution in [0.1, 0.15) is 41.4 Å². The summed E-state index contributed by atoms with van der Waals surface area (Å²) in [4.78, 5) is 9.15. The number of nitrogens with zero attached hydrogens (tertiary/aromatic N) is 2. The molecule has 2 N–H and O–H groups in total. The smallest absolute Gasteiger partial charge is 0.131 e. The zero-order valence-electron chi connectivity index (χ0n) is 13.0. The van der Waals surface area contributed by atoms with Crippen LogP contribution < -0.4 is 5.73 Å². The van der Waals surface area contributed by atoms with Crippen molar-refractivity contribution < 1.29 is 0 Å². The molecule has 0 aliphatic rings. The maximum absolute atomic E-state index is 6.07. The maximum atomic E-state index is 6.07. The van der Waals surface area contributed by atoms with Gasteiger partial charge in [0.1, 0.15) is 11.6 Å². The first-order valence-electron chi connectivity index (χ1n) is 7.15. The van der Waals surface area contributed by atoms with Gasteiger partial charge in [-0.15, -0.1) is 0 Å². The molecule has 0 aliphatic heterocycles. The normalized spacial score (nSPS) is 10.8. The third-order valence-corrected chi connectivity index (χ3v) is 3.62. The first-order valence-corrected chi connectivity index (χ1v) is 7.15. The molecule has 0 fully saturated rings. The molecule has 1 heterocycles. The first-order chi connectivity index (χ1) is 9.43. The number of anilines is 1. The van der Waals surface area contributed by atoms with E-state index in [0.29, 0.717) is 5.82 Å². The number of rotatable bonds is 3. The molecule has 1 aromatic heterocycles. The zero-order chi connectivity index (χ0) is 14.9. The second-order valence-corrected chi connectivity index (χ2v) is 5.52. The van der Waals surface area contributed by atoms with E-state index < -0.39 is 0 Å². The summed E-state index contributed by atoms with van der Waals surface area (Å²) in [6.45, 7) is 10.5. The van der Waals surface area contributed by atoms with Crippen LogP contribution >= 0.6 is 0 Å². The van der Waals surface area contributed by atoms with Crippen LogP contribution in [0.25, 0.3) is 11.3 Å². The molecule has 0 spiro atoms. The molecule has 0 saturated heterocycles. The minimum Gasteiger partial charge on any atom is -0.383 e. The molecule has 0 bridgehead atoms. The Bertz CT molecular complexity index is 622. The standard InChI is InChI=1S/C17H23N3/c1-6-7-14-19-16(13(5)17(18)20-14)15-11(3)8-10(2)9-12(15)4/h8-9H,6-7H2,1-5H3,(H2,18,19,20). The van der Waals surface area contributed by atoms with Crippen LogP contribution in [0.5, 0.6) is 0 Å². The molecular weight excluding hydrogens is 246 g/mol. The van der Waals surface area contributed by atoms with E-state index in [9.17, 15) is 0 Å². The van der Waals surface area contributed by atoms with E-state index in [1.165, 1.54) is 22.3 Å². The van der Waals surface area contributed by atoms with Crippen LogP contribution in [-0.2, 0) is 6.42 Å². The van der Waals surface area contributed by atoms with Crippen molar-refractivity contribution in [3.63, 3.8) is 0 Å². The van der Waals surface area contributed by atoms with Crippen molar-refractivity contribution >= 4 is 5.82 Å². The van der Waals surface area contributed by atoms with Crippen molar-refractivity contribution in [3.05, 3.63) is 40.2 Å². The first kappa shape index (κ1) is 14.5. The highest BCUT2D eigenvalue weighted by Gasteiger charge is 2.14. The predicted molar refractivity (Wildman–Crippen MR) is 84.8 cm³/mol. The Morgan fingerprint density at radius 2 is 1.60 bits per heavy atom. The Labute approximate surface area is 121 Å². The lowest BCUT2D eigenvalue weighted by molar-refractivity contribution is 0.836. The number of aryl methyl sites for hydroxylation is 4. The van der Waals surface area contributed by atoms with Crippen LogP contribution in [-0.4, -0.2) is 9.97 Å². The number of aromatic nitrogens is 2. The number of benzene rings is 1.